The predicted octanol–water partition coefficient (Wildman–Crippen LogP) is 1.52. The summed E-state index contributed by atoms with van der Waals surface area (Å²) in [5.41, 5.74) is 9.23. The topological polar surface area (TPSA) is 71.7 Å². The lowest BCUT2D eigenvalue weighted by Gasteiger charge is -2.35. The molecule has 2 atom stereocenters. The SMILES string of the molecule is CCCN(C1=CC(NNC)NC=C1)C1=C(C)C=C(C(=O)N2CCCC2C)CN1. The molecule has 0 aromatic carbocycles. The lowest BCUT2D eigenvalue weighted by molar-refractivity contribution is -0.127. The van der Waals surface area contributed by atoms with E-state index in [1.54, 1.807) is 0 Å². The Balaban J connectivity index is 1.82. The molecule has 2 unspecified atom stereocenters. The first-order valence-corrected chi connectivity index (χ1v) is 10.4. The number of allylic oxidation sites excluding steroid dienone is 3. The van der Waals surface area contributed by atoms with Crippen molar-refractivity contribution in [1.82, 2.24) is 31.3 Å². The first kappa shape index (κ1) is 20.5. The Labute approximate surface area is 168 Å². The van der Waals surface area contributed by atoms with Crippen molar-refractivity contribution in [2.24, 2.45) is 0 Å². The van der Waals surface area contributed by atoms with Crippen molar-refractivity contribution in [3.63, 3.8) is 0 Å². The standard InChI is InChI=1S/C21H34N6O/c1-5-10-27(18-8-9-23-19(13-18)25-22-4)20-15(2)12-17(14-24-20)21(28)26-11-6-7-16(26)3/h8-9,12-13,16,19,22-25H,5-7,10-11,14H2,1-4H3. The van der Waals surface area contributed by atoms with E-state index in [4.69, 9.17) is 0 Å². The fraction of sp³-hybridized carbons (Fsp3) is 0.571. The van der Waals surface area contributed by atoms with E-state index in [9.17, 15) is 4.79 Å². The molecule has 0 aromatic heterocycles. The summed E-state index contributed by atoms with van der Waals surface area (Å²) < 4.78 is 0. The summed E-state index contributed by atoms with van der Waals surface area (Å²) in [6.07, 6.45) is 11.5. The van der Waals surface area contributed by atoms with Crippen LogP contribution in [-0.2, 0) is 4.79 Å². The maximum Gasteiger partial charge on any atom is 0.251 e. The third-order valence-electron chi connectivity index (χ3n) is 5.50. The molecule has 7 nitrogen and oxygen atoms in total. The van der Waals surface area contributed by atoms with E-state index >= 15 is 0 Å². The van der Waals surface area contributed by atoms with Crippen LogP contribution < -0.4 is 21.5 Å². The van der Waals surface area contributed by atoms with E-state index in [0.29, 0.717) is 12.6 Å². The van der Waals surface area contributed by atoms with E-state index in [-0.39, 0.29) is 12.1 Å². The smallest absolute Gasteiger partial charge is 0.251 e. The van der Waals surface area contributed by atoms with Gasteiger partial charge >= 0.3 is 0 Å². The maximum absolute atomic E-state index is 12.9. The van der Waals surface area contributed by atoms with Gasteiger partial charge in [0.25, 0.3) is 5.91 Å². The fourth-order valence-corrected chi connectivity index (χ4v) is 4.09. The Bertz CT molecular complexity index is 708. The van der Waals surface area contributed by atoms with E-state index in [0.717, 1.165) is 55.0 Å². The number of carbonyl (C=O) groups excluding carboxylic acids is 1. The summed E-state index contributed by atoms with van der Waals surface area (Å²) in [6, 6.07) is 0.345. The number of carbonyl (C=O) groups is 1. The summed E-state index contributed by atoms with van der Waals surface area (Å²) in [5.74, 6) is 1.26. The van der Waals surface area contributed by atoms with Crippen molar-refractivity contribution in [2.45, 2.75) is 52.2 Å². The van der Waals surface area contributed by atoms with Gasteiger partial charge in [-0.2, -0.15) is 0 Å². The molecule has 1 fully saturated rings. The van der Waals surface area contributed by atoms with Crippen LogP contribution in [0, 0.1) is 0 Å². The van der Waals surface area contributed by atoms with Gasteiger partial charge in [0.1, 0.15) is 12.0 Å². The van der Waals surface area contributed by atoms with E-state index in [1.807, 2.05) is 18.1 Å². The molecule has 3 aliphatic rings. The first-order valence-electron chi connectivity index (χ1n) is 10.4. The van der Waals surface area contributed by atoms with Gasteiger partial charge in [-0.3, -0.25) is 10.2 Å². The lowest BCUT2D eigenvalue weighted by Crippen LogP contribution is -2.47. The molecule has 7 heteroatoms. The Morgan fingerprint density at radius 1 is 1.43 bits per heavy atom. The molecule has 0 radical (unpaired) electrons. The molecule has 3 rings (SSSR count). The molecule has 3 aliphatic heterocycles. The number of nitrogens with one attached hydrogen (secondary N) is 4. The number of dihydropyridines is 2. The van der Waals surface area contributed by atoms with Crippen LogP contribution in [-0.4, -0.2) is 54.6 Å². The summed E-state index contributed by atoms with van der Waals surface area (Å²) in [5, 5.41) is 6.79. The molecule has 0 bridgehead atoms. The second-order valence-electron chi connectivity index (χ2n) is 7.66. The van der Waals surface area contributed by atoms with Gasteiger partial charge in [-0.25, -0.2) is 5.43 Å². The Morgan fingerprint density at radius 2 is 2.25 bits per heavy atom. The highest BCUT2D eigenvalue weighted by Gasteiger charge is 2.29. The molecular formula is C21H34N6O. The second-order valence-corrected chi connectivity index (χ2v) is 7.66. The summed E-state index contributed by atoms with van der Waals surface area (Å²) in [6.45, 7) is 8.76. The van der Waals surface area contributed by atoms with Gasteiger partial charge < -0.3 is 20.4 Å². The van der Waals surface area contributed by atoms with Crippen LogP contribution in [0.1, 0.15) is 40.0 Å². The number of hydrogen-bond donors (Lipinski definition) is 4. The molecule has 0 aromatic rings. The molecule has 0 saturated carbocycles. The average Bonchev–Trinajstić information content (AvgIpc) is 3.12. The van der Waals surface area contributed by atoms with Crippen LogP contribution in [0.5, 0.6) is 0 Å². The predicted molar refractivity (Wildman–Crippen MR) is 113 cm³/mol. The van der Waals surface area contributed by atoms with Crippen molar-refractivity contribution in [3.8, 4) is 0 Å². The number of hydrazine groups is 1. The van der Waals surface area contributed by atoms with Crippen LogP contribution in [0.2, 0.25) is 0 Å². The molecular weight excluding hydrogens is 352 g/mol. The van der Waals surface area contributed by atoms with Crippen molar-refractivity contribution in [1.29, 1.82) is 0 Å². The first-order chi connectivity index (χ1) is 13.5. The van der Waals surface area contributed by atoms with Gasteiger partial charge in [0, 0.05) is 36.9 Å². The van der Waals surface area contributed by atoms with Crippen LogP contribution in [0.3, 0.4) is 0 Å². The molecule has 4 N–H and O–H groups in total. The van der Waals surface area contributed by atoms with Crippen molar-refractivity contribution in [3.05, 3.63) is 47.1 Å². The monoisotopic (exact) mass is 386 g/mol. The summed E-state index contributed by atoms with van der Waals surface area (Å²) >= 11 is 0. The number of nitrogens with zero attached hydrogens (tertiary/aromatic N) is 2. The number of amides is 1. The number of hydrogen-bond acceptors (Lipinski definition) is 6. The third-order valence-corrected chi connectivity index (χ3v) is 5.50. The average molecular weight is 387 g/mol. The molecule has 154 valence electrons. The van der Waals surface area contributed by atoms with E-state index in [2.05, 4.69) is 65.4 Å². The maximum atomic E-state index is 12.9. The largest absolute Gasteiger partial charge is 0.371 e. The van der Waals surface area contributed by atoms with Crippen LogP contribution in [0.4, 0.5) is 0 Å². The molecule has 0 spiro atoms. The van der Waals surface area contributed by atoms with Crippen molar-refractivity contribution >= 4 is 5.91 Å². The molecule has 28 heavy (non-hydrogen) atoms. The van der Waals surface area contributed by atoms with Crippen molar-refractivity contribution in [2.75, 3.05) is 26.7 Å². The summed E-state index contributed by atoms with van der Waals surface area (Å²) in [7, 11) is 1.86. The highest BCUT2D eigenvalue weighted by atomic mass is 16.2. The van der Waals surface area contributed by atoms with Gasteiger partial charge in [0.2, 0.25) is 0 Å². The quantitative estimate of drug-likeness (QED) is 0.498. The number of likely N-dealkylation sites (tertiary alicyclic amines) is 1. The van der Waals surface area contributed by atoms with Crippen LogP contribution >= 0.6 is 0 Å². The van der Waals surface area contributed by atoms with Gasteiger partial charge in [0.05, 0.1) is 0 Å². The van der Waals surface area contributed by atoms with Gasteiger partial charge in [-0.1, -0.05) is 6.92 Å². The summed E-state index contributed by atoms with van der Waals surface area (Å²) in [4.78, 5) is 17.2. The number of rotatable bonds is 7. The van der Waals surface area contributed by atoms with E-state index < -0.39 is 0 Å². The zero-order valence-electron chi connectivity index (χ0n) is 17.5. The molecule has 3 heterocycles. The van der Waals surface area contributed by atoms with Gasteiger partial charge in [-0.15, -0.1) is 0 Å². The normalized spacial score (nSPS) is 24.5. The Morgan fingerprint density at radius 3 is 2.89 bits per heavy atom. The van der Waals surface area contributed by atoms with Gasteiger partial charge in [-0.05, 0) is 70.2 Å². The minimum atomic E-state index is 0.0261. The van der Waals surface area contributed by atoms with Gasteiger partial charge in [0.15, 0.2) is 0 Å². The highest BCUT2D eigenvalue weighted by molar-refractivity contribution is 5.95. The second kappa shape index (κ2) is 9.30. The van der Waals surface area contributed by atoms with E-state index in [1.165, 1.54) is 0 Å². The fourth-order valence-electron chi connectivity index (χ4n) is 4.09. The zero-order chi connectivity index (χ0) is 20.1. The highest BCUT2D eigenvalue weighted by Crippen LogP contribution is 2.25. The van der Waals surface area contributed by atoms with Crippen LogP contribution in [0.15, 0.2) is 47.1 Å². The Hall–Kier alpha value is -2.25. The minimum absolute atomic E-state index is 0.0261. The lowest BCUT2D eigenvalue weighted by atomic mass is 10.1. The zero-order valence-corrected chi connectivity index (χ0v) is 17.5. The molecule has 1 saturated heterocycles. The van der Waals surface area contributed by atoms with Crippen molar-refractivity contribution < 1.29 is 4.79 Å². The molecule has 1 amide bonds. The minimum Gasteiger partial charge on any atom is -0.371 e. The molecule has 0 aliphatic carbocycles. The Kier molecular flexibility index (Phi) is 6.80. The third kappa shape index (κ3) is 4.42. The van der Waals surface area contributed by atoms with Crippen LogP contribution in [0.25, 0.3) is 0 Å².